The van der Waals surface area contributed by atoms with Crippen LogP contribution >= 0.6 is 0 Å². The monoisotopic (exact) mass is 169 g/mol. The lowest BCUT2D eigenvalue weighted by Crippen LogP contribution is -2.35. The third-order valence-corrected chi connectivity index (χ3v) is 0.830. The number of hydrogen-bond donors (Lipinski definition) is 2. The Bertz CT molecular complexity index is 253. The summed E-state index contributed by atoms with van der Waals surface area (Å²) in [5, 5.41) is 16.4. The first kappa shape index (κ1) is 10.1. The van der Waals surface area contributed by atoms with E-state index in [-0.39, 0.29) is 6.61 Å². The van der Waals surface area contributed by atoms with Crippen molar-refractivity contribution >= 4 is 17.7 Å². The van der Waals surface area contributed by atoms with Gasteiger partial charge >= 0.3 is 6.09 Å². The second-order valence-electron chi connectivity index (χ2n) is 1.66. The molecule has 0 spiro atoms. The van der Waals surface area contributed by atoms with E-state index in [2.05, 4.69) is 4.74 Å². The Morgan fingerprint density at radius 1 is 1.67 bits per heavy atom. The fourth-order valence-electron chi connectivity index (χ4n) is 0.373. The van der Waals surface area contributed by atoms with Gasteiger partial charge in [-0.2, -0.15) is 5.26 Å². The summed E-state index contributed by atoms with van der Waals surface area (Å²) < 4.78 is 4.33. The maximum atomic E-state index is 10.6. The molecule has 0 aromatic carbocycles. The van der Waals surface area contributed by atoms with Crippen molar-refractivity contribution in [2.45, 2.75) is 6.92 Å². The van der Waals surface area contributed by atoms with Gasteiger partial charge in [0.15, 0.2) is 5.71 Å². The smallest absolute Gasteiger partial charge is 0.414 e. The molecule has 6 nitrogen and oxygen atoms in total. The molecule has 0 radical (unpaired) electrons. The van der Waals surface area contributed by atoms with E-state index in [1.165, 1.54) is 6.07 Å². The van der Waals surface area contributed by atoms with Gasteiger partial charge in [0, 0.05) is 0 Å². The average molecular weight is 169 g/mol. The minimum Gasteiger partial charge on any atom is -0.450 e. The fraction of sp³-hybridized carbons (Fsp3) is 0.333. The van der Waals surface area contributed by atoms with Crippen molar-refractivity contribution in [3.05, 3.63) is 0 Å². The van der Waals surface area contributed by atoms with E-state index in [0.29, 0.717) is 0 Å². The van der Waals surface area contributed by atoms with Crippen LogP contribution < -0.4 is 5.32 Å². The van der Waals surface area contributed by atoms with E-state index < -0.39 is 17.7 Å². The molecule has 0 aromatic rings. The molecule has 0 aliphatic heterocycles. The standard InChI is InChI=1S/C6H7N3O3/c1-2-12-6(11)9-5(10)4(8)3-7/h8H,2H2,1H3,(H,9,10,11). The molecule has 0 aliphatic carbocycles. The molecule has 64 valence electrons. The van der Waals surface area contributed by atoms with Crippen LogP contribution in [-0.2, 0) is 9.53 Å². The zero-order valence-corrected chi connectivity index (χ0v) is 6.38. The molecular formula is C6H7N3O3. The highest BCUT2D eigenvalue weighted by Gasteiger charge is 2.12. The van der Waals surface area contributed by atoms with Crippen LogP contribution in [-0.4, -0.2) is 24.3 Å². The number of rotatable bonds is 2. The summed E-state index contributed by atoms with van der Waals surface area (Å²) >= 11 is 0. The molecule has 0 atom stereocenters. The van der Waals surface area contributed by atoms with Crippen LogP contribution in [0.5, 0.6) is 0 Å². The predicted octanol–water partition coefficient (Wildman–Crippen LogP) is -0.198. The van der Waals surface area contributed by atoms with E-state index in [1.807, 2.05) is 0 Å². The van der Waals surface area contributed by atoms with E-state index in [4.69, 9.17) is 10.7 Å². The quantitative estimate of drug-likeness (QED) is 0.558. The van der Waals surface area contributed by atoms with E-state index >= 15 is 0 Å². The van der Waals surface area contributed by atoms with Crippen LogP contribution in [0.2, 0.25) is 0 Å². The molecule has 2 N–H and O–H groups in total. The second-order valence-corrected chi connectivity index (χ2v) is 1.66. The number of imide groups is 1. The van der Waals surface area contributed by atoms with E-state index in [0.717, 1.165) is 0 Å². The van der Waals surface area contributed by atoms with Gasteiger partial charge in [0.05, 0.1) is 6.61 Å². The highest BCUT2D eigenvalue weighted by molar-refractivity contribution is 6.45. The van der Waals surface area contributed by atoms with Crippen molar-refractivity contribution in [1.82, 2.24) is 5.32 Å². The number of nitrogens with zero attached hydrogens (tertiary/aromatic N) is 1. The van der Waals surface area contributed by atoms with Gasteiger partial charge in [0.1, 0.15) is 6.07 Å². The maximum absolute atomic E-state index is 10.6. The van der Waals surface area contributed by atoms with Gasteiger partial charge in [-0.05, 0) is 6.92 Å². The van der Waals surface area contributed by atoms with Crippen molar-refractivity contribution in [2.24, 2.45) is 0 Å². The largest absolute Gasteiger partial charge is 0.450 e. The summed E-state index contributed by atoms with van der Waals surface area (Å²) in [6.07, 6.45) is -0.956. The van der Waals surface area contributed by atoms with Crippen molar-refractivity contribution in [2.75, 3.05) is 6.61 Å². The first-order valence-corrected chi connectivity index (χ1v) is 3.08. The van der Waals surface area contributed by atoms with Gasteiger partial charge in [-0.1, -0.05) is 0 Å². The van der Waals surface area contributed by atoms with Gasteiger partial charge in [-0.15, -0.1) is 0 Å². The lowest BCUT2D eigenvalue weighted by molar-refractivity contribution is -0.114. The Hall–Kier alpha value is -1.90. The number of nitrogens with one attached hydrogen (secondary N) is 2. The van der Waals surface area contributed by atoms with Gasteiger partial charge < -0.3 is 4.74 Å². The molecule has 0 rings (SSSR count). The number of alkyl carbamates (subject to hydrolysis) is 1. The SMILES string of the molecule is CCOC(=O)NC(=O)C(=N)C#N. The molecule has 0 aromatic heterocycles. The van der Waals surface area contributed by atoms with Gasteiger partial charge in [0.25, 0.3) is 5.91 Å². The molecule has 0 saturated carbocycles. The Morgan fingerprint density at radius 3 is 2.67 bits per heavy atom. The predicted molar refractivity (Wildman–Crippen MR) is 38.5 cm³/mol. The molecule has 0 fully saturated rings. The number of amides is 2. The lowest BCUT2D eigenvalue weighted by Gasteiger charge is -2.00. The maximum Gasteiger partial charge on any atom is 0.414 e. The summed E-state index contributed by atoms with van der Waals surface area (Å²) in [5.74, 6) is -1.06. The van der Waals surface area contributed by atoms with Gasteiger partial charge in [-0.25, -0.2) is 4.79 Å². The topological polar surface area (TPSA) is 103 Å². The first-order valence-electron chi connectivity index (χ1n) is 3.08. The molecule has 6 heteroatoms. The van der Waals surface area contributed by atoms with Crippen LogP contribution in [0.3, 0.4) is 0 Å². The highest BCUT2D eigenvalue weighted by Crippen LogP contribution is 1.77. The number of carbonyl (C=O) groups is 2. The summed E-state index contributed by atoms with van der Waals surface area (Å²) in [6.45, 7) is 1.69. The molecular weight excluding hydrogens is 162 g/mol. The Kier molecular flexibility index (Phi) is 4.08. The van der Waals surface area contributed by atoms with Gasteiger partial charge in [-0.3, -0.25) is 15.5 Å². The Labute approximate surface area is 68.6 Å². The third-order valence-electron chi connectivity index (χ3n) is 0.830. The summed E-state index contributed by atoms with van der Waals surface area (Å²) in [7, 11) is 0. The number of hydrogen-bond acceptors (Lipinski definition) is 5. The molecule has 0 aliphatic rings. The normalized spacial score (nSPS) is 8.00. The molecule has 0 bridgehead atoms. The van der Waals surface area contributed by atoms with Crippen molar-refractivity contribution in [3.63, 3.8) is 0 Å². The molecule has 0 saturated heterocycles. The van der Waals surface area contributed by atoms with Crippen LogP contribution in [0, 0.1) is 16.7 Å². The van der Waals surface area contributed by atoms with Crippen molar-refractivity contribution in [1.29, 1.82) is 10.7 Å². The number of carbonyl (C=O) groups excluding carboxylic acids is 2. The fourth-order valence-corrected chi connectivity index (χ4v) is 0.373. The summed E-state index contributed by atoms with van der Waals surface area (Å²) in [4.78, 5) is 21.1. The Morgan fingerprint density at radius 2 is 2.25 bits per heavy atom. The summed E-state index contributed by atoms with van der Waals surface area (Å²) in [6, 6.07) is 1.28. The van der Waals surface area contributed by atoms with Crippen LogP contribution in [0.1, 0.15) is 6.92 Å². The molecule has 0 unspecified atom stereocenters. The molecule has 0 heterocycles. The molecule has 2 amide bonds. The molecule has 12 heavy (non-hydrogen) atoms. The van der Waals surface area contributed by atoms with Crippen molar-refractivity contribution in [3.8, 4) is 6.07 Å². The number of ether oxygens (including phenoxy) is 1. The van der Waals surface area contributed by atoms with E-state index in [1.54, 1.807) is 12.2 Å². The minimum atomic E-state index is -1.06. The van der Waals surface area contributed by atoms with Crippen molar-refractivity contribution < 1.29 is 14.3 Å². The lowest BCUT2D eigenvalue weighted by atomic mass is 10.4. The second kappa shape index (κ2) is 4.85. The van der Waals surface area contributed by atoms with Crippen LogP contribution in [0.25, 0.3) is 0 Å². The highest BCUT2D eigenvalue weighted by atomic mass is 16.5. The van der Waals surface area contributed by atoms with Gasteiger partial charge in [0.2, 0.25) is 0 Å². The van der Waals surface area contributed by atoms with E-state index in [9.17, 15) is 9.59 Å². The third kappa shape index (κ3) is 3.31. The average Bonchev–Trinajstić information content (AvgIpc) is 2.03. The zero-order chi connectivity index (χ0) is 9.56. The van der Waals surface area contributed by atoms with Crippen LogP contribution in [0.15, 0.2) is 0 Å². The van der Waals surface area contributed by atoms with Crippen LogP contribution in [0.4, 0.5) is 4.79 Å². The Balaban J connectivity index is 3.95. The first-order chi connectivity index (χ1) is 5.61. The zero-order valence-electron chi connectivity index (χ0n) is 6.38. The minimum absolute atomic E-state index is 0.124. The number of nitriles is 1. The summed E-state index contributed by atoms with van der Waals surface area (Å²) in [5.41, 5.74) is -0.831.